The Morgan fingerprint density at radius 2 is 1.32 bits per heavy atom. The highest BCUT2D eigenvalue weighted by molar-refractivity contribution is 7.22. The van der Waals surface area contributed by atoms with E-state index in [-0.39, 0.29) is 31.2 Å². The van der Waals surface area contributed by atoms with E-state index in [2.05, 4.69) is 0 Å². The Bertz CT molecular complexity index is 971. The molecule has 0 aliphatic heterocycles. The van der Waals surface area contributed by atoms with E-state index in [9.17, 15) is 36.4 Å². The summed E-state index contributed by atoms with van der Waals surface area (Å²) in [6.45, 7) is 5.31. The number of hydrogen-bond donors (Lipinski definition) is 2. The van der Waals surface area contributed by atoms with Crippen LogP contribution in [0.1, 0.15) is 32.0 Å². The van der Waals surface area contributed by atoms with Gasteiger partial charge in [0.05, 0.1) is 0 Å². The van der Waals surface area contributed by atoms with E-state index in [0.29, 0.717) is 11.3 Å². The molecule has 0 spiro atoms. The van der Waals surface area contributed by atoms with E-state index in [1.807, 2.05) is 0 Å². The van der Waals surface area contributed by atoms with E-state index in [0.717, 1.165) is 11.3 Å². The summed E-state index contributed by atoms with van der Waals surface area (Å²) in [4.78, 5) is 0.234. The quantitative estimate of drug-likeness (QED) is 0.543. The van der Waals surface area contributed by atoms with Crippen molar-refractivity contribution in [3.8, 4) is 0 Å². The van der Waals surface area contributed by atoms with E-state index < -0.39 is 41.6 Å². The van der Waals surface area contributed by atoms with Crippen molar-refractivity contribution in [1.82, 2.24) is 0 Å². The summed E-state index contributed by atoms with van der Waals surface area (Å²) in [6, 6.07) is 0. The number of halogens is 6. The van der Waals surface area contributed by atoms with Crippen molar-refractivity contribution in [2.24, 2.45) is 0 Å². The Labute approximate surface area is 165 Å². The lowest BCUT2D eigenvalue weighted by atomic mass is 9.82. The molecule has 0 radical (unpaired) electrons. The van der Waals surface area contributed by atoms with Crippen LogP contribution in [0.4, 0.5) is 26.3 Å². The fourth-order valence-corrected chi connectivity index (χ4v) is 5.52. The molecular formula is C17H15BF6O2S2. The molecule has 2 aromatic heterocycles. The maximum Gasteiger partial charge on any atom is 0.499 e. The molecule has 0 aromatic carbocycles. The molecule has 2 N–H and O–H groups in total. The van der Waals surface area contributed by atoms with Crippen molar-refractivity contribution in [2.45, 2.75) is 45.5 Å². The molecule has 2 heterocycles. The minimum atomic E-state index is -5.63. The topological polar surface area (TPSA) is 40.5 Å². The van der Waals surface area contributed by atoms with Crippen LogP contribution in [-0.4, -0.2) is 34.9 Å². The van der Waals surface area contributed by atoms with Crippen molar-refractivity contribution in [3.63, 3.8) is 0 Å². The Balaban J connectivity index is 2.51. The lowest BCUT2D eigenvalue weighted by Crippen LogP contribution is -2.49. The Hall–Kier alpha value is -1.30. The van der Waals surface area contributed by atoms with Crippen LogP contribution in [0, 0.1) is 27.7 Å². The second kappa shape index (κ2) is 6.35. The van der Waals surface area contributed by atoms with Crippen molar-refractivity contribution in [2.75, 3.05) is 0 Å². The van der Waals surface area contributed by atoms with Crippen LogP contribution in [0.5, 0.6) is 0 Å². The standard InChI is InChI=1S/C17H15BF6O2S2/c1-6-5-27-8(3)10(6)12-13(16(21,22)17(23,24)15(12,19)20)11-7(2)14(18(25)26)28-9(11)4/h5,25-26H,1-4H3. The normalized spacial score (nSPS) is 20.1. The third-order valence-corrected chi connectivity index (χ3v) is 7.20. The van der Waals surface area contributed by atoms with Crippen molar-refractivity contribution < 1.29 is 36.4 Å². The molecule has 152 valence electrons. The maximum absolute atomic E-state index is 14.8. The van der Waals surface area contributed by atoms with E-state index in [1.54, 1.807) is 0 Å². The average molecular weight is 440 g/mol. The van der Waals surface area contributed by atoms with Gasteiger partial charge < -0.3 is 10.0 Å². The zero-order chi connectivity index (χ0) is 21.4. The molecule has 28 heavy (non-hydrogen) atoms. The Kier molecular flexibility index (Phi) is 4.86. The van der Waals surface area contributed by atoms with E-state index >= 15 is 0 Å². The zero-order valence-electron chi connectivity index (χ0n) is 15.1. The molecule has 1 aliphatic carbocycles. The molecule has 0 saturated carbocycles. The number of aryl methyl sites for hydroxylation is 3. The highest BCUT2D eigenvalue weighted by Crippen LogP contribution is 2.66. The second-order valence-corrected chi connectivity index (χ2v) is 9.06. The van der Waals surface area contributed by atoms with E-state index in [1.165, 1.54) is 33.1 Å². The van der Waals surface area contributed by atoms with Crippen molar-refractivity contribution in [3.05, 3.63) is 37.4 Å². The summed E-state index contributed by atoms with van der Waals surface area (Å²) in [6.07, 6.45) is 0. The molecule has 11 heteroatoms. The molecule has 0 amide bonds. The highest BCUT2D eigenvalue weighted by Gasteiger charge is 2.80. The second-order valence-electron chi connectivity index (χ2n) is 6.72. The first kappa shape index (κ1) is 21.4. The van der Waals surface area contributed by atoms with Gasteiger partial charge in [-0.2, -0.15) is 26.3 Å². The van der Waals surface area contributed by atoms with Gasteiger partial charge in [-0.15, -0.1) is 22.7 Å². The van der Waals surface area contributed by atoms with Crippen LogP contribution in [0.3, 0.4) is 0 Å². The zero-order valence-corrected chi connectivity index (χ0v) is 16.8. The highest BCUT2D eigenvalue weighted by atomic mass is 32.1. The molecule has 0 unspecified atom stereocenters. The van der Waals surface area contributed by atoms with Crippen LogP contribution in [0.2, 0.25) is 0 Å². The van der Waals surface area contributed by atoms with Crippen LogP contribution in [-0.2, 0) is 0 Å². The summed E-state index contributed by atoms with van der Waals surface area (Å²) in [7, 11) is -2.04. The molecule has 3 rings (SSSR count). The van der Waals surface area contributed by atoms with Gasteiger partial charge in [0, 0.05) is 36.8 Å². The monoisotopic (exact) mass is 440 g/mol. The maximum atomic E-state index is 14.8. The van der Waals surface area contributed by atoms with Gasteiger partial charge in [0.15, 0.2) is 0 Å². The fourth-order valence-electron chi connectivity index (χ4n) is 3.62. The lowest BCUT2D eigenvalue weighted by molar-refractivity contribution is -0.254. The summed E-state index contributed by atoms with van der Waals surface area (Å²) < 4.78 is 87.8. The van der Waals surface area contributed by atoms with Gasteiger partial charge in [-0.25, -0.2) is 0 Å². The molecule has 1 aliphatic rings. The number of alkyl halides is 6. The predicted molar refractivity (Wildman–Crippen MR) is 99.1 cm³/mol. The summed E-state index contributed by atoms with van der Waals surface area (Å²) >= 11 is 1.69. The first-order valence-electron chi connectivity index (χ1n) is 8.08. The van der Waals surface area contributed by atoms with Gasteiger partial charge in [-0.3, -0.25) is 0 Å². The third-order valence-electron chi connectivity index (χ3n) is 4.92. The van der Waals surface area contributed by atoms with Crippen molar-refractivity contribution >= 4 is 45.7 Å². The Morgan fingerprint density at radius 1 is 0.821 bits per heavy atom. The van der Waals surface area contributed by atoms with Gasteiger partial charge in [0.1, 0.15) is 0 Å². The van der Waals surface area contributed by atoms with Gasteiger partial charge in [0.2, 0.25) is 0 Å². The predicted octanol–water partition coefficient (Wildman–Crippen LogP) is 4.55. The summed E-state index contributed by atoms with van der Waals surface area (Å²) in [5.41, 5.74) is -3.61. The number of rotatable bonds is 3. The van der Waals surface area contributed by atoms with Crippen LogP contribution < -0.4 is 4.78 Å². The Morgan fingerprint density at radius 3 is 1.71 bits per heavy atom. The van der Waals surface area contributed by atoms with E-state index in [4.69, 9.17) is 0 Å². The minimum absolute atomic E-state index is 0.0202. The lowest BCUT2D eigenvalue weighted by Gasteiger charge is -2.26. The number of allylic oxidation sites excluding steroid dienone is 2. The first-order valence-corrected chi connectivity index (χ1v) is 9.77. The smallest absolute Gasteiger partial charge is 0.423 e. The average Bonchev–Trinajstić information content (AvgIpc) is 3.07. The van der Waals surface area contributed by atoms with Gasteiger partial charge in [0.25, 0.3) is 0 Å². The van der Waals surface area contributed by atoms with Crippen LogP contribution in [0.25, 0.3) is 11.1 Å². The molecule has 2 aromatic rings. The number of thiophene rings is 2. The third kappa shape index (κ3) is 2.56. The molecule has 0 bridgehead atoms. The van der Waals surface area contributed by atoms with Crippen LogP contribution >= 0.6 is 22.7 Å². The molecule has 2 nitrogen and oxygen atoms in total. The number of hydrogen-bond acceptors (Lipinski definition) is 4. The van der Waals surface area contributed by atoms with Gasteiger partial charge in [-0.1, -0.05) is 0 Å². The largest absolute Gasteiger partial charge is 0.499 e. The van der Waals surface area contributed by atoms with Crippen LogP contribution in [0.15, 0.2) is 5.38 Å². The molecule has 0 saturated heterocycles. The SMILES string of the molecule is Cc1csc(C)c1C1=C(c2c(C)sc(B(O)O)c2C)C(F)(F)C(F)(F)C1(F)F. The molecular weight excluding hydrogens is 425 g/mol. The summed E-state index contributed by atoms with van der Waals surface area (Å²) in [5, 5.41) is 20.3. The fraction of sp³-hybridized carbons (Fsp3) is 0.412. The van der Waals surface area contributed by atoms with Gasteiger partial charge >= 0.3 is 24.9 Å². The van der Waals surface area contributed by atoms with Crippen molar-refractivity contribution in [1.29, 1.82) is 0 Å². The summed E-state index contributed by atoms with van der Waals surface area (Å²) in [5.74, 6) is -15.9. The van der Waals surface area contributed by atoms with Gasteiger partial charge in [-0.05, 0) is 44.2 Å². The first-order chi connectivity index (χ1) is 12.7. The molecule has 0 fully saturated rings. The minimum Gasteiger partial charge on any atom is -0.423 e. The molecule has 0 atom stereocenters.